The van der Waals surface area contributed by atoms with E-state index in [0.717, 1.165) is 31.2 Å². The van der Waals surface area contributed by atoms with E-state index in [9.17, 15) is 13.2 Å². The highest BCUT2D eigenvalue weighted by molar-refractivity contribution is 7.89. The van der Waals surface area contributed by atoms with Crippen LogP contribution in [0.25, 0.3) is 0 Å². The van der Waals surface area contributed by atoms with Crippen molar-refractivity contribution in [2.75, 3.05) is 13.2 Å². The van der Waals surface area contributed by atoms with Crippen LogP contribution < -0.4 is 5.14 Å². The molecule has 23 heavy (non-hydrogen) atoms. The molecule has 0 bridgehead atoms. The molecule has 0 aromatic heterocycles. The summed E-state index contributed by atoms with van der Waals surface area (Å²) in [7, 11) is -3.83. The lowest BCUT2D eigenvalue weighted by atomic mass is 9.89. The standard InChI is InChI=1S/C16H22N2O4S/c1-11-6-7-12(23(17,20)21)10-13(11)16(19)18-8-9-22-15-5-3-2-4-14(15)18/h6-7,10,14-15H,2-5,8-9H2,1H3,(H2,17,20,21)/t14-,15+/m0/s1. The molecule has 1 aromatic rings. The second kappa shape index (κ2) is 6.22. The SMILES string of the molecule is Cc1ccc(S(N)(=O)=O)cc1C(=O)N1CCO[C@@H]2CCCC[C@@H]21. The lowest BCUT2D eigenvalue weighted by molar-refractivity contribution is -0.0753. The number of benzene rings is 1. The minimum absolute atomic E-state index is 0.0279. The number of rotatable bonds is 2. The van der Waals surface area contributed by atoms with E-state index < -0.39 is 10.0 Å². The minimum Gasteiger partial charge on any atom is -0.374 e. The molecule has 2 fully saturated rings. The predicted molar refractivity (Wildman–Crippen MR) is 85.6 cm³/mol. The zero-order valence-corrected chi connectivity index (χ0v) is 14.0. The van der Waals surface area contributed by atoms with E-state index in [2.05, 4.69) is 0 Å². The van der Waals surface area contributed by atoms with Crippen molar-refractivity contribution in [3.63, 3.8) is 0 Å². The quantitative estimate of drug-likeness (QED) is 0.883. The molecule has 6 nitrogen and oxygen atoms in total. The third-order valence-electron chi connectivity index (χ3n) is 4.76. The Bertz CT molecular complexity index is 715. The fraction of sp³-hybridized carbons (Fsp3) is 0.562. The number of hydrogen-bond acceptors (Lipinski definition) is 4. The summed E-state index contributed by atoms with van der Waals surface area (Å²) in [5, 5.41) is 5.19. The summed E-state index contributed by atoms with van der Waals surface area (Å²) in [4.78, 5) is 14.8. The number of carbonyl (C=O) groups is 1. The molecule has 0 radical (unpaired) electrons. The van der Waals surface area contributed by atoms with E-state index in [1.165, 1.54) is 12.1 Å². The summed E-state index contributed by atoms with van der Waals surface area (Å²) < 4.78 is 28.9. The van der Waals surface area contributed by atoms with Crippen LogP contribution in [0.4, 0.5) is 0 Å². The van der Waals surface area contributed by atoms with Gasteiger partial charge < -0.3 is 9.64 Å². The molecular weight excluding hydrogens is 316 g/mol. The monoisotopic (exact) mass is 338 g/mol. The first-order chi connectivity index (χ1) is 10.9. The number of nitrogens with zero attached hydrogens (tertiary/aromatic N) is 1. The maximum absolute atomic E-state index is 13.0. The third kappa shape index (κ3) is 3.27. The van der Waals surface area contributed by atoms with Gasteiger partial charge in [-0.3, -0.25) is 4.79 Å². The van der Waals surface area contributed by atoms with Gasteiger partial charge in [-0.05, 0) is 37.5 Å². The normalized spacial score (nSPS) is 25.0. The van der Waals surface area contributed by atoms with Crippen molar-refractivity contribution in [3.8, 4) is 0 Å². The van der Waals surface area contributed by atoms with Crippen LogP contribution in [0, 0.1) is 6.92 Å². The zero-order chi connectivity index (χ0) is 16.6. The Morgan fingerprint density at radius 1 is 1.30 bits per heavy atom. The number of amides is 1. The largest absolute Gasteiger partial charge is 0.374 e. The van der Waals surface area contributed by atoms with Crippen LogP contribution >= 0.6 is 0 Å². The number of hydrogen-bond donors (Lipinski definition) is 1. The van der Waals surface area contributed by atoms with Crippen molar-refractivity contribution in [1.29, 1.82) is 0 Å². The molecular formula is C16H22N2O4S. The lowest BCUT2D eigenvalue weighted by Crippen LogP contribution is -2.54. The molecule has 1 aromatic carbocycles. The number of aryl methyl sites for hydroxylation is 1. The summed E-state index contributed by atoms with van der Waals surface area (Å²) >= 11 is 0. The van der Waals surface area contributed by atoms with Crippen LogP contribution in [0.3, 0.4) is 0 Å². The Morgan fingerprint density at radius 3 is 2.78 bits per heavy atom. The summed E-state index contributed by atoms with van der Waals surface area (Å²) in [6, 6.07) is 4.54. The first kappa shape index (κ1) is 16.4. The summed E-state index contributed by atoms with van der Waals surface area (Å²) in [5.74, 6) is -0.131. The highest BCUT2D eigenvalue weighted by Gasteiger charge is 2.37. The van der Waals surface area contributed by atoms with E-state index >= 15 is 0 Å². The smallest absolute Gasteiger partial charge is 0.254 e. The maximum Gasteiger partial charge on any atom is 0.254 e. The van der Waals surface area contributed by atoms with Crippen molar-refractivity contribution in [3.05, 3.63) is 29.3 Å². The number of carbonyl (C=O) groups excluding carboxylic acids is 1. The number of fused-ring (bicyclic) bond motifs is 1. The van der Waals surface area contributed by atoms with Crippen LogP contribution in [0.2, 0.25) is 0 Å². The fourth-order valence-corrected chi connectivity index (χ4v) is 4.05. The molecule has 7 heteroatoms. The molecule has 1 saturated carbocycles. The third-order valence-corrected chi connectivity index (χ3v) is 5.67. The molecule has 2 atom stereocenters. The molecule has 1 saturated heterocycles. The van der Waals surface area contributed by atoms with Crippen molar-refractivity contribution in [1.82, 2.24) is 4.90 Å². The highest BCUT2D eigenvalue weighted by Crippen LogP contribution is 2.30. The number of nitrogens with two attached hydrogens (primary N) is 1. The first-order valence-electron chi connectivity index (χ1n) is 7.94. The average Bonchev–Trinajstić information content (AvgIpc) is 2.53. The molecule has 2 aliphatic rings. The molecule has 1 heterocycles. The molecule has 126 valence electrons. The Hall–Kier alpha value is -1.44. The molecule has 3 rings (SSSR count). The van der Waals surface area contributed by atoms with Gasteiger partial charge in [0, 0.05) is 12.1 Å². The second-order valence-corrected chi connectivity index (χ2v) is 7.84. The summed E-state index contributed by atoms with van der Waals surface area (Å²) in [6.45, 7) is 2.87. The van der Waals surface area contributed by atoms with Gasteiger partial charge in [-0.15, -0.1) is 0 Å². The Kier molecular flexibility index (Phi) is 4.44. The van der Waals surface area contributed by atoms with Crippen LogP contribution in [0.5, 0.6) is 0 Å². The van der Waals surface area contributed by atoms with Gasteiger partial charge in [-0.25, -0.2) is 13.6 Å². The van der Waals surface area contributed by atoms with E-state index in [-0.39, 0.29) is 22.9 Å². The zero-order valence-electron chi connectivity index (χ0n) is 13.2. The van der Waals surface area contributed by atoms with Crippen molar-refractivity contribution in [2.24, 2.45) is 5.14 Å². The van der Waals surface area contributed by atoms with Crippen LogP contribution in [0.1, 0.15) is 41.6 Å². The number of ether oxygens (including phenoxy) is 1. The number of primary sulfonamides is 1. The summed E-state index contributed by atoms with van der Waals surface area (Å²) in [5.41, 5.74) is 1.16. The first-order valence-corrected chi connectivity index (χ1v) is 9.48. The van der Waals surface area contributed by atoms with Gasteiger partial charge in [0.2, 0.25) is 10.0 Å². The van der Waals surface area contributed by atoms with Gasteiger partial charge in [0.15, 0.2) is 0 Å². The van der Waals surface area contributed by atoms with Gasteiger partial charge in [0.05, 0.1) is 23.6 Å². The van der Waals surface area contributed by atoms with E-state index in [0.29, 0.717) is 18.7 Å². The van der Waals surface area contributed by atoms with Gasteiger partial charge >= 0.3 is 0 Å². The molecule has 0 unspecified atom stereocenters. The van der Waals surface area contributed by atoms with Crippen LogP contribution in [-0.2, 0) is 14.8 Å². The van der Waals surface area contributed by atoms with Crippen molar-refractivity contribution in [2.45, 2.75) is 49.6 Å². The number of sulfonamides is 1. The predicted octanol–water partition coefficient (Wildman–Crippen LogP) is 1.43. The second-order valence-electron chi connectivity index (χ2n) is 6.28. The van der Waals surface area contributed by atoms with Crippen LogP contribution in [0.15, 0.2) is 23.1 Å². The fourth-order valence-electron chi connectivity index (χ4n) is 3.51. The van der Waals surface area contributed by atoms with E-state index in [1.807, 2.05) is 4.90 Å². The lowest BCUT2D eigenvalue weighted by Gasteiger charge is -2.44. The minimum atomic E-state index is -3.83. The Morgan fingerprint density at radius 2 is 2.04 bits per heavy atom. The van der Waals surface area contributed by atoms with Gasteiger partial charge in [0.1, 0.15) is 0 Å². The molecule has 1 aliphatic carbocycles. The topological polar surface area (TPSA) is 89.7 Å². The van der Waals surface area contributed by atoms with Crippen molar-refractivity contribution < 1.29 is 17.9 Å². The summed E-state index contributed by atoms with van der Waals surface area (Å²) in [6.07, 6.45) is 4.23. The molecule has 1 aliphatic heterocycles. The van der Waals surface area contributed by atoms with Crippen LogP contribution in [-0.4, -0.2) is 44.5 Å². The van der Waals surface area contributed by atoms with Gasteiger partial charge in [-0.1, -0.05) is 18.9 Å². The van der Waals surface area contributed by atoms with Gasteiger partial charge in [-0.2, -0.15) is 0 Å². The molecule has 1 amide bonds. The Labute approximate surface area is 136 Å². The van der Waals surface area contributed by atoms with E-state index in [4.69, 9.17) is 9.88 Å². The van der Waals surface area contributed by atoms with Gasteiger partial charge in [0.25, 0.3) is 5.91 Å². The Balaban J connectivity index is 1.93. The average molecular weight is 338 g/mol. The number of morpholine rings is 1. The molecule has 0 spiro atoms. The highest BCUT2D eigenvalue weighted by atomic mass is 32.2. The van der Waals surface area contributed by atoms with Crippen molar-refractivity contribution >= 4 is 15.9 Å². The maximum atomic E-state index is 13.0. The van der Waals surface area contributed by atoms with E-state index in [1.54, 1.807) is 13.0 Å². The molecule has 2 N–H and O–H groups in total.